The Bertz CT molecular complexity index is 255. The van der Waals surface area contributed by atoms with Gasteiger partial charge in [-0.2, -0.15) is 5.26 Å². The predicted molar refractivity (Wildman–Crippen MR) is 51.1 cm³/mol. The van der Waals surface area contributed by atoms with Gasteiger partial charge in [-0.05, 0) is 20.8 Å². The fourth-order valence-corrected chi connectivity index (χ4v) is 0.839. The van der Waals surface area contributed by atoms with Crippen LogP contribution in [0.4, 0.5) is 0 Å². The van der Waals surface area contributed by atoms with Crippen LogP contribution >= 0.6 is 0 Å². The average Bonchev–Trinajstić information content (AvgIpc) is 2.02. The third kappa shape index (κ3) is 5.14. The normalized spacial score (nSPS) is 11.6. The van der Waals surface area contributed by atoms with Crippen LogP contribution in [0.3, 0.4) is 0 Å². The number of hydrogen-bond donors (Lipinski definition) is 2. The van der Waals surface area contributed by atoms with Crippen LogP contribution in [0.25, 0.3) is 0 Å². The Morgan fingerprint density at radius 3 is 2.29 bits per heavy atom. The molecule has 5 nitrogen and oxygen atoms in total. The van der Waals surface area contributed by atoms with E-state index in [0.717, 1.165) is 0 Å². The molecule has 0 saturated carbocycles. The van der Waals surface area contributed by atoms with Crippen LogP contribution in [0.1, 0.15) is 27.2 Å². The van der Waals surface area contributed by atoms with Gasteiger partial charge < -0.3 is 10.6 Å². The third-order valence-corrected chi connectivity index (χ3v) is 1.44. The topological polar surface area (TPSA) is 82.0 Å². The van der Waals surface area contributed by atoms with Crippen LogP contribution < -0.4 is 10.6 Å². The molecule has 0 saturated heterocycles. The Hall–Kier alpha value is -1.57. The van der Waals surface area contributed by atoms with Crippen molar-refractivity contribution >= 4 is 11.8 Å². The Labute approximate surface area is 83.5 Å². The van der Waals surface area contributed by atoms with Crippen molar-refractivity contribution < 1.29 is 9.59 Å². The SMILES string of the molecule is CC(C)NC(=O)C(C)NC(=O)CC#N. The van der Waals surface area contributed by atoms with Crippen LogP contribution in [-0.4, -0.2) is 23.9 Å². The summed E-state index contributed by atoms with van der Waals surface area (Å²) in [6.45, 7) is 5.25. The highest BCUT2D eigenvalue weighted by molar-refractivity contribution is 5.87. The van der Waals surface area contributed by atoms with Gasteiger partial charge in [-0.25, -0.2) is 0 Å². The molecule has 14 heavy (non-hydrogen) atoms. The molecule has 0 bridgehead atoms. The molecule has 0 aromatic heterocycles. The van der Waals surface area contributed by atoms with E-state index in [2.05, 4.69) is 10.6 Å². The van der Waals surface area contributed by atoms with Gasteiger partial charge in [0.05, 0.1) is 6.07 Å². The maximum Gasteiger partial charge on any atom is 0.242 e. The minimum absolute atomic E-state index is 0.0396. The molecule has 1 atom stereocenters. The smallest absolute Gasteiger partial charge is 0.242 e. The van der Waals surface area contributed by atoms with Crippen LogP contribution in [0.2, 0.25) is 0 Å². The summed E-state index contributed by atoms with van der Waals surface area (Å²) >= 11 is 0. The average molecular weight is 197 g/mol. The zero-order valence-corrected chi connectivity index (χ0v) is 8.63. The Kier molecular flexibility index (Phi) is 5.30. The molecule has 0 aromatic rings. The number of hydrogen-bond acceptors (Lipinski definition) is 3. The second-order valence-corrected chi connectivity index (χ2v) is 3.29. The van der Waals surface area contributed by atoms with Crippen molar-refractivity contribution in [3.05, 3.63) is 0 Å². The van der Waals surface area contributed by atoms with Crippen LogP contribution in [-0.2, 0) is 9.59 Å². The zero-order chi connectivity index (χ0) is 11.1. The maximum atomic E-state index is 11.3. The van der Waals surface area contributed by atoms with E-state index in [0.29, 0.717) is 0 Å². The number of rotatable bonds is 4. The quantitative estimate of drug-likeness (QED) is 0.661. The van der Waals surface area contributed by atoms with Crippen LogP contribution in [0.5, 0.6) is 0 Å². The Morgan fingerprint density at radius 2 is 1.86 bits per heavy atom. The monoisotopic (exact) mass is 197 g/mol. The third-order valence-electron chi connectivity index (χ3n) is 1.44. The van der Waals surface area contributed by atoms with Gasteiger partial charge >= 0.3 is 0 Å². The van der Waals surface area contributed by atoms with E-state index in [1.54, 1.807) is 13.0 Å². The molecular formula is C9H15N3O2. The molecular weight excluding hydrogens is 182 g/mol. The van der Waals surface area contributed by atoms with Crippen molar-refractivity contribution in [3.63, 3.8) is 0 Å². The number of nitrogens with zero attached hydrogens (tertiary/aromatic N) is 1. The summed E-state index contributed by atoms with van der Waals surface area (Å²) < 4.78 is 0. The van der Waals surface area contributed by atoms with Crippen molar-refractivity contribution in [3.8, 4) is 6.07 Å². The summed E-state index contributed by atoms with van der Waals surface area (Å²) in [6, 6.07) is 1.15. The first-order valence-corrected chi connectivity index (χ1v) is 4.44. The molecule has 78 valence electrons. The molecule has 5 heteroatoms. The van der Waals surface area contributed by atoms with E-state index in [4.69, 9.17) is 5.26 Å². The summed E-state index contributed by atoms with van der Waals surface area (Å²) in [4.78, 5) is 22.2. The second-order valence-electron chi connectivity index (χ2n) is 3.29. The molecule has 0 radical (unpaired) electrons. The van der Waals surface area contributed by atoms with E-state index in [1.807, 2.05) is 13.8 Å². The summed E-state index contributed by atoms with van der Waals surface area (Å²) in [5.74, 6) is -0.676. The van der Waals surface area contributed by atoms with Crippen molar-refractivity contribution in [1.29, 1.82) is 5.26 Å². The lowest BCUT2D eigenvalue weighted by atomic mass is 10.2. The molecule has 0 aliphatic rings. The zero-order valence-electron chi connectivity index (χ0n) is 8.63. The van der Waals surface area contributed by atoms with Gasteiger partial charge in [0, 0.05) is 6.04 Å². The molecule has 0 heterocycles. The highest BCUT2D eigenvalue weighted by Crippen LogP contribution is 1.87. The summed E-state index contributed by atoms with van der Waals surface area (Å²) in [6.07, 6.45) is -0.223. The first-order chi connectivity index (χ1) is 6.47. The number of carbonyl (C=O) groups is 2. The van der Waals surface area contributed by atoms with Crippen molar-refractivity contribution in [1.82, 2.24) is 10.6 Å². The number of nitriles is 1. The molecule has 2 N–H and O–H groups in total. The lowest BCUT2D eigenvalue weighted by Crippen LogP contribution is -2.46. The Balaban J connectivity index is 3.96. The first-order valence-electron chi connectivity index (χ1n) is 4.44. The fourth-order valence-electron chi connectivity index (χ4n) is 0.839. The van der Waals surface area contributed by atoms with Gasteiger partial charge in [-0.3, -0.25) is 9.59 Å². The number of carbonyl (C=O) groups excluding carboxylic acids is 2. The minimum Gasteiger partial charge on any atom is -0.352 e. The first kappa shape index (κ1) is 12.4. The molecule has 0 rings (SSSR count). The van der Waals surface area contributed by atoms with Crippen molar-refractivity contribution in [2.45, 2.75) is 39.3 Å². The largest absolute Gasteiger partial charge is 0.352 e. The minimum atomic E-state index is -0.599. The Morgan fingerprint density at radius 1 is 1.29 bits per heavy atom. The van der Waals surface area contributed by atoms with E-state index in [1.165, 1.54) is 0 Å². The maximum absolute atomic E-state index is 11.3. The molecule has 2 amide bonds. The molecule has 0 aliphatic carbocycles. The predicted octanol–water partition coefficient (Wildman–Crippen LogP) is -0.0706. The molecule has 1 unspecified atom stereocenters. The van der Waals surface area contributed by atoms with Crippen molar-refractivity contribution in [2.75, 3.05) is 0 Å². The van der Waals surface area contributed by atoms with Gasteiger partial charge in [0.2, 0.25) is 11.8 Å². The highest BCUT2D eigenvalue weighted by Gasteiger charge is 2.15. The second kappa shape index (κ2) is 5.97. The van der Waals surface area contributed by atoms with Crippen LogP contribution in [0.15, 0.2) is 0 Å². The lowest BCUT2D eigenvalue weighted by Gasteiger charge is -2.15. The van der Waals surface area contributed by atoms with E-state index >= 15 is 0 Å². The van der Waals surface area contributed by atoms with Gasteiger partial charge in [0.15, 0.2) is 0 Å². The van der Waals surface area contributed by atoms with Crippen molar-refractivity contribution in [2.24, 2.45) is 0 Å². The van der Waals surface area contributed by atoms with E-state index in [-0.39, 0.29) is 18.4 Å². The van der Waals surface area contributed by atoms with Crippen LogP contribution in [0, 0.1) is 11.3 Å². The van der Waals surface area contributed by atoms with Gasteiger partial charge in [0.25, 0.3) is 0 Å². The molecule has 0 aromatic carbocycles. The van der Waals surface area contributed by atoms with Gasteiger partial charge in [0.1, 0.15) is 12.5 Å². The summed E-state index contributed by atoms with van der Waals surface area (Å²) in [5.41, 5.74) is 0. The highest BCUT2D eigenvalue weighted by atomic mass is 16.2. The van der Waals surface area contributed by atoms with E-state index in [9.17, 15) is 9.59 Å². The standard InChI is InChI=1S/C9H15N3O2/c1-6(2)11-9(14)7(3)12-8(13)4-5-10/h6-7H,4H2,1-3H3,(H,11,14)(H,12,13). The molecule has 0 fully saturated rings. The van der Waals surface area contributed by atoms with E-state index < -0.39 is 11.9 Å². The molecule has 0 aliphatic heterocycles. The molecule has 0 spiro atoms. The summed E-state index contributed by atoms with van der Waals surface area (Å²) in [7, 11) is 0. The fraction of sp³-hybridized carbons (Fsp3) is 0.667. The lowest BCUT2D eigenvalue weighted by molar-refractivity contribution is -0.128. The van der Waals surface area contributed by atoms with Gasteiger partial charge in [-0.15, -0.1) is 0 Å². The van der Waals surface area contributed by atoms with Gasteiger partial charge in [-0.1, -0.05) is 0 Å². The number of amides is 2. The summed E-state index contributed by atoms with van der Waals surface area (Å²) in [5, 5.41) is 13.3. The number of nitrogens with one attached hydrogen (secondary N) is 2.